The van der Waals surface area contributed by atoms with Crippen LogP contribution in [0.1, 0.15) is 24.0 Å². The number of aromatic amines is 1. The molecule has 1 amide bonds. The maximum absolute atomic E-state index is 10.8. The summed E-state index contributed by atoms with van der Waals surface area (Å²) in [6.07, 6.45) is 0. The van der Waals surface area contributed by atoms with E-state index in [0.717, 1.165) is 33.9 Å². The van der Waals surface area contributed by atoms with Gasteiger partial charge in [0.05, 0.1) is 5.39 Å². The van der Waals surface area contributed by atoms with Crippen LogP contribution in [0.3, 0.4) is 0 Å². The number of nitrogens with zero attached hydrogens (tertiary/aromatic N) is 2. The molecule has 0 radical (unpaired) electrons. The molecule has 2 aromatic rings. The van der Waals surface area contributed by atoms with Crippen LogP contribution in [0.25, 0.3) is 11.0 Å². The van der Waals surface area contributed by atoms with E-state index in [2.05, 4.69) is 65.5 Å². The number of amides is 1. The first-order valence-electron chi connectivity index (χ1n) is 6.64. The molecule has 6 nitrogen and oxygen atoms in total. The van der Waals surface area contributed by atoms with Crippen LogP contribution in [0.4, 0.5) is 5.82 Å². The second kappa shape index (κ2) is 9.94. The van der Waals surface area contributed by atoms with E-state index in [0.29, 0.717) is 22.6 Å². The van der Waals surface area contributed by atoms with Gasteiger partial charge in [-0.3, -0.25) is 4.79 Å². The number of H-pyrrole nitrogens is 1. The van der Waals surface area contributed by atoms with Crippen LogP contribution in [-0.4, -0.2) is 33.9 Å². The molecule has 0 fully saturated rings. The van der Waals surface area contributed by atoms with E-state index < -0.39 is 0 Å². The maximum atomic E-state index is 10.8. The minimum atomic E-state index is -0.0283. The number of halogens is 2. The molecule has 2 rings (SSSR count). The molecule has 0 aliphatic carbocycles. The molecule has 2 aromatic heterocycles. The molecule has 0 unspecified atom stereocenters. The Labute approximate surface area is 159 Å². The number of carbonyl (C=O) groups excluding carboxylic acids is 1. The summed E-state index contributed by atoms with van der Waals surface area (Å²) < 4.78 is 0. The third kappa shape index (κ3) is 5.86. The SMILES string of the molecule is CC(=O)NCCNc1nc(C)nc2[nH]c(C)c(C)c12.[I][V][I]. The zero-order valence-corrected chi connectivity index (χ0v) is 18.6. The number of hydrogen-bond acceptors (Lipinski definition) is 4. The fraction of sp³-hybridized carbons (Fsp3) is 0.462. The Kier molecular flexibility index (Phi) is 9.02. The van der Waals surface area contributed by atoms with Gasteiger partial charge in [0.2, 0.25) is 5.91 Å². The van der Waals surface area contributed by atoms with Crippen LogP contribution in [0.2, 0.25) is 0 Å². The number of aryl methyl sites for hydroxylation is 3. The molecule has 0 aliphatic rings. The van der Waals surface area contributed by atoms with Crippen molar-refractivity contribution in [3.05, 3.63) is 17.1 Å². The van der Waals surface area contributed by atoms with Gasteiger partial charge in [-0.05, 0) is 26.3 Å². The van der Waals surface area contributed by atoms with Crippen LogP contribution in [0.5, 0.6) is 0 Å². The third-order valence-corrected chi connectivity index (χ3v) is 3.06. The fourth-order valence-corrected chi connectivity index (χ4v) is 2.02. The van der Waals surface area contributed by atoms with Crippen LogP contribution in [0.15, 0.2) is 0 Å². The summed E-state index contributed by atoms with van der Waals surface area (Å²) in [5, 5.41) is 7.02. The van der Waals surface area contributed by atoms with Gasteiger partial charge < -0.3 is 15.6 Å². The standard InChI is InChI=1S/C13H19N5O.2HI.V/c1-7-8(2)16-13-11(7)12(17-9(3)18-13)15-6-5-14-10(4)19;;;/h5-6H2,1-4H3,(H,14,19)(H2,15,16,17,18);2*1H;/q;;;+2/p-2. The molecule has 2 heterocycles. The number of fused-ring (bicyclic) bond motifs is 1. The third-order valence-electron chi connectivity index (χ3n) is 3.06. The molecule has 0 bridgehead atoms. The van der Waals surface area contributed by atoms with Gasteiger partial charge in [-0.2, -0.15) is 0 Å². The Morgan fingerprint density at radius 3 is 2.45 bits per heavy atom. The summed E-state index contributed by atoms with van der Waals surface area (Å²) in [7, 11) is 0.628. The molecule has 0 aromatic carbocycles. The van der Waals surface area contributed by atoms with Gasteiger partial charge >= 0.3 is 49.4 Å². The Bertz CT molecular complexity index is 647. The van der Waals surface area contributed by atoms with Crippen molar-refractivity contribution in [3.63, 3.8) is 0 Å². The first-order valence-corrected chi connectivity index (χ1v) is 15.7. The molecule has 0 spiro atoms. The van der Waals surface area contributed by atoms with Gasteiger partial charge in [-0.1, -0.05) is 0 Å². The van der Waals surface area contributed by atoms with Gasteiger partial charge in [-0.15, -0.1) is 0 Å². The van der Waals surface area contributed by atoms with E-state index in [1.807, 2.05) is 20.8 Å². The molecular formula is C13H19I2N5OV. The van der Waals surface area contributed by atoms with Crippen LogP contribution >= 0.6 is 40.0 Å². The Balaban J connectivity index is 0.000000745. The second-order valence-electron chi connectivity index (χ2n) is 4.69. The summed E-state index contributed by atoms with van der Waals surface area (Å²) >= 11 is 4.74. The van der Waals surface area contributed by atoms with Crippen molar-refractivity contribution in [3.8, 4) is 0 Å². The number of carbonyl (C=O) groups is 1. The monoisotopic (exact) mass is 566 g/mol. The van der Waals surface area contributed by atoms with Crippen molar-refractivity contribution >= 4 is 62.7 Å². The zero-order chi connectivity index (χ0) is 16.7. The predicted octanol–water partition coefficient (Wildman–Crippen LogP) is 3.20. The quantitative estimate of drug-likeness (QED) is 0.393. The van der Waals surface area contributed by atoms with Gasteiger partial charge in [0.15, 0.2) is 0 Å². The molecule has 3 N–H and O–H groups in total. The van der Waals surface area contributed by atoms with E-state index in [-0.39, 0.29) is 5.91 Å². The summed E-state index contributed by atoms with van der Waals surface area (Å²) in [5.41, 5.74) is 3.10. The van der Waals surface area contributed by atoms with Gasteiger partial charge in [0.25, 0.3) is 0 Å². The van der Waals surface area contributed by atoms with E-state index in [4.69, 9.17) is 0 Å². The number of aromatic nitrogens is 3. The molecule has 9 heteroatoms. The van der Waals surface area contributed by atoms with E-state index in [1.165, 1.54) is 6.92 Å². The zero-order valence-electron chi connectivity index (χ0n) is 12.9. The van der Waals surface area contributed by atoms with Crippen LogP contribution < -0.4 is 10.6 Å². The topological polar surface area (TPSA) is 82.7 Å². The van der Waals surface area contributed by atoms with E-state index in [1.54, 1.807) is 0 Å². The first-order chi connectivity index (χ1) is 10.4. The first kappa shape index (κ1) is 20.0. The second-order valence-corrected chi connectivity index (χ2v) is 16.5. The van der Waals surface area contributed by atoms with Crippen LogP contribution in [0, 0.1) is 20.8 Å². The molecule has 0 aliphatic heterocycles. The molecule has 0 saturated carbocycles. The van der Waals surface area contributed by atoms with E-state index in [9.17, 15) is 4.79 Å². The number of hydrogen-bond donors (Lipinski definition) is 3. The average Bonchev–Trinajstić information content (AvgIpc) is 2.70. The van der Waals surface area contributed by atoms with E-state index >= 15 is 0 Å². The van der Waals surface area contributed by atoms with Crippen molar-refractivity contribution in [1.29, 1.82) is 0 Å². The fourth-order valence-electron chi connectivity index (χ4n) is 2.02. The van der Waals surface area contributed by atoms with Crippen molar-refractivity contribution < 1.29 is 14.3 Å². The number of rotatable bonds is 4. The minimum absolute atomic E-state index is 0.0283. The molecule has 0 atom stereocenters. The molecule has 121 valence electrons. The molecular weight excluding hydrogens is 547 g/mol. The van der Waals surface area contributed by atoms with Crippen LogP contribution in [-0.2, 0) is 14.3 Å². The Hall–Kier alpha value is -0.0656. The predicted molar refractivity (Wildman–Crippen MR) is 103 cm³/mol. The van der Waals surface area contributed by atoms with Gasteiger partial charge in [0.1, 0.15) is 17.3 Å². The summed E-state index contributed by atoms with van der Waals surface area (Å²) in [5.74, 6) is 1.50. The van der Waals surface area contributed by atoms with Gasteiger partial charge in [0, 0.05) is 25.7 Å². The summed E-state index contributed by atoms with van der Waals surface area (Å²) in [6, 6.07) is 0. The Morgan fingerprint density at radius 1 is 1.23 bits per heavy atom. The normalized spacial score (nSPS) is 9.91. The Morgan fingerprint density at radius 2 is 1.86 bits per heavy atom. The molecule has 0 saturated heterocycles. The van der Waals surface area contributed by atoms with Crippen molar-refractivity contribution in [2.45, 2.75) is 27.7 Å². The summed E-state index contributed by atoms with van der Waals surface area (Å²) in [4.78, 5) is 22.9. The number of anilines is 1. The van der Waals surface area contributed by atoms with Crippen molar-refractivity contribution in [2.75, 3.05) is 18.4 Å². The molecule has 22 heavy (non-hydrogen) atoms. The van der Waals surface area contributed by atoms with Crippen molar-refractivity contribution in [2.24, 2.45) is 0 Å². The van der Waals surface area contributed by atoms with Crippen molar-refractivity contribution in [1.82, 2.24) is 20.3 Å². The van der Waals surface area contributed by atoms with Gasteiger partial charge in [-0.25, -0.2) is 9.97 Å². The number of nitrogens with one attached hydrogen (secondary N) is 3. The summed E-state index contributed by atoms with van der Waals surface area (Å²) in [6.45, 7) is 8.65. The average molecular weight is 566 g/mol.